The van der Waals surface area contributed by atoms with Crippen LogP contribution in [-0.4, -0.2) is 23.0 Å². The van der Waals surface area contributed by atoms with E-state index in [-0.39, 0.29) is 24.9 Å². The maximum atomic E-state index is 12.6. The van der Waals surface area contributed by atoms with Gasteiger partial charge in [0.1, 0.15) is 0 Å². The van der Waals surface area contributed by atoms with Gasteiger partial charge in [0, 0.05) is 23.4 Å². The number of nitrogens with zero attached hydrogens (tertiary/aromatic N) is 1. The Morgan fingerprint density at radius 3 is 2.53 bits per heavy atom. The van der Waals surface area contributed by atoms with E-state index in [1.807, 2.05) is 36.4 Å². The molecule has 1 atom stereocenters. The molecule has 3 aromatic rings. The molecule has 0 aliphatic heterocycles. The van der Waals surface area contributed by atoms with Crippen molar-refractivity contribution in [3.63, 3.8) is 0 Å². The highest BCUT2D eigenvalue weighted by Crippen LogP contribution is 2.26. The quantitative estimate of drug-likeness (QED) is 0.408. The largest absolute Gasteiger partial charge is 0.463 e. The maximum absolute atomic E-state index is 12.6. The van der Waals surface area contributed by atoms with Gasteiger partial charge >= 0.3 is 5.97 Å². The summed E-state index contributed by atoms with van der Waals surface area (Å²) in [5, 5.41) is 3.41. The molecule has 168 valence electrons. The van der Waals surface area contributed by atoms with Gasteiger partial charge in [-0.05, 0) is 31.9 Å². The first kappa shape index (κ1) is 23.5. The summed E-state index contributed by atoms with van der Waals surface area (Å²) in [5.74, 6) is 0.716. The highest BCUT2D eigenvalue weighted by Gasteiger charge is 2.22. The van der Waals surface area contributed by atoms with E-state index in [2.05, 4.69) is 10.3 Å². The van der Waals surface area contributed by atoms with Crippen molar-refractivity contribution in [2.45, 2.75) is 51.7 Å². The van der Waals surface area contributed by atoms with Crippen LogP contribution in [0, 0.1) is 0 Å². The molecule has 32 heavy (non-hydrogen) atoms. The van der Waals surface area contributed by atoms with Crippen LogP contribution < -0.4 is 5.32 Å². The Bertz CT molecular complexity index is 1030. The van der Waals surface area contributed by atoms with E-state index in [1.165, 1.54) is 0 Å². The number of nitrogens with one attached hydrogen (secondary N) is 1. The van der Waals surface area contributed by atoms with Crippen molar-refractivity contribution >= 4 is 23.5 Å². The summed E-state index contributed by atoms with van der Waals surface area (Å²) in [5.41, 5.74) is 1.64. The number of benzene rings is 2. The van der Waals surface area contributed by atoms with Crippen LogP contribution in [0.2, 0.25) is 5.02 Å². The van der Waals surface area contributed by atoms with Crippen LogP contribution in [0.15, 0.2) is 65.2 Å². The molecule has 2 aromatic carbocycles. The van der Waals surface area contributed by atoms with Gasteiger partial charge in [-0.3, -0.25) is 9.59 Å². The van der Waals surface area contributed by atoms with E-state index in [9.17, 15) is 9.59 Å². The highest BCUT2D eigenvalue weighted by atomic mass is 35.5. The van der Waals surface area contributed by atoms with Crippen molar-refractivity contribution in [2.75, 3.05) is 0 Å². The Labute approximate surface area is 192 Å². The van der Waals surface area contributed by atoms with Gasteiger partial charge < -0.3 is 14.5 Å². The summed E-state index contributed by atoms with van der Waals surface area (Å²) in [6, 6.07) is 16.3. The van der Waals surface area contributed by atoms with Gasteiger partial charge in [-0.2, -0.15) is 0 Å². The summed E-state index contributed by atoms with van der Waals surface area (Å²) in [4.78, 5) is 29.1. The molecule has 0 saturated carbocycles. The number of aryl methyl sites for hydroxylation is 1. The molecule has 0 fully saturated rings. The van der Waals surface area contributed by atoms with E-state index in [4.69, 9.17) is 20.8 Å². The van der Waals surface area contributed by atoms with Crippen LogP contribution in [0.25, 0.3) is 11.3 Å². The Balaban J connectivity index is 1.56. The molecule has 0 aliphatic rings. The SMILES string of the molecule is CC(C)OC(=O)CC(NC(=O)CCCc1ncc(-c2ccccc2)o1)c1ccccc1Cl. The fourth-order valence-corrected chi connectivity index (χ4v) is 3.57. The second-order valence-electron chi connectivity index (χ2n) is 7.72. The third-order valence-corrected chi connectivity index (χ3v) is 5.10. The van der Waals surface area contributed by atoms with Crippen molar-refractivity contribution in [3.8, 4) is 11.3 Å². The number of hydrogen-bond acceptors (Lipinski definition) is 5. The number of oxazole rings is 1. The Kier molecular flexibility index (Phi) is 8.45. The Morgan fingerprint density at radius 1 is 1.09 bits per heavy atom. The minimum absolute atomic E-state index is 0.00777. The van der Waals surface area contributed by atoms with Crippen LogP contribution in [0.4, 0.5) is 0 Å². The average Bonchev–Trinajstić information content (AvgIpc) is 3.23. The number of carbonyl (C=O) groups excluding carboxylic acids is 2. The molecule has 0 spiro atoms. The van der Waals surface area contributed by atoms with E-state index >= 15 is 0 Å². The van der Waals surface area contributed by atoms with Crippen LogP contribution in [0.5, 0.6) is 0 Å². The van der Waals surface area contributed by atoms with Crippen molar-refractivity contribution in [1.82, 2.24) is 10.3 Å². The molecule has 3 rings (SSSR count). The van der Waals surface area contributed by atoms with E-state index < -0.39 is 12.0 Å². The maximum Gasteiger partial charge on any atom is 0.308 e. The number of ether oxygens (including phenoxy) is 1. The first-order valence-electron chi connectivity index (χ1n) is 10.7. The van der Waals surface area contributed by atoms with Gasteiger partial charge in [0.25, 0.3) is 0 Å². The molecular formula is C25H27ClN2O4. The van der Waals surface area contributed by atoms with Crippen LogP contribution in [-0.2, 0) is 20.7 Å². The van der Waals surface area contributed by atoms with Crippen molar-refractivity contribution in [2.24, 2.45) is 0 Å². The molecule has 1 N–H and O–H groups in total. The zero-order valence-electron chi connectivity index (χ0n) is 18.2. The second kappa shape index (κ2) is 11.5. The molecule has 1 amide bonds. The first-order chi connectivity index (χ1) is 15.4. The topological polar surface area (TPSA) is 81.4 Å². The number of hydrogen-bond donors (Lipinski definition) is 1. The molecule has 6 nitrogen and oxygen atoms in total. The highest BCUT2D eigenvalue weighted by molar-refractivity contribution is 6.31. The molecule has 0 aliphatic carbocycles. The first-order valence-corrected chi connectivity index (χ1v) is 11.0. The summed E-state index contributed by atoms with van der Waals surface area (Å²) >= 11 is 6.30. The number of aromatic nitrogens is 1. The minimum atomic E-state index is -0.561. The number of rotatable bonds is 10. The lowest BCUT2D eigenvalue weighted by molar-refractivity contribution is -0.148. The summed E-state index contributed by atoms with van der Waals surface area (Å²) in [7, 11) is 0. The van der Waals surface area contributed by atoms with E-state index in [1.54, 1.807) is 38.2 Å². The molecule has 0 radical (unpaired) electrons. The molecule has 0 saturated heterocycles. The normalized spacial score (nSPS) is 11.9. The number of carbonyl (C=O) groups is 2. The summed E-state index contributed by atoms with van der Waals surface area (Å²) in [6.07, 6.45) is 2.83. The molecular weight excluding hydrogens is 428 g/mol. The third kappa shape index (κ3) is 6.95. The van der Waals surface area contributed by atoms with E-state index in [0.29, 0.717) is 35.1 Å². The Hall–Kier alpha value is -3.12. The van der Waals surface area contributed by atoms with Crippen LogP contribution >= 0.6 is 11.6 Å². The molecule has 7 heteroatoms. The van der Waals surface area contributed by atoms with Gasteiger partial charge in [-0.1, -0.05) is 60.1 Å². The van der Waals surface area contributed by atoms with Crippen molar-refractivity contribution < 1.29 is 18.7 Å². The predicted molar refractivity (Wildman–Crippen MR) is 123 cm³/mol. The molecule has 1 heterocycles. The van der Waals surface area contributed by atoms with Gasteiger partial charge in [0.05, 0.1) is 24.8 Å². The predicted octanol–water partition coefficient (Wildman–Crippen LogP) is 5.52. The Morgan fingerprint density at radius 2 is 1.81 bits per heavy atom. The zero-order chi connectivity index (χ0) is 22.9. The van der Waals surface area contributed by atoms with Crippen LogP contribution in [0.1, 0.15) is 50.6 Å². The lowest BCUT2D eigenvalue weighted by Crippen LogP contribution is -2.31. The lowest BCUT2D eigenvalue weighted by atomic mass is 10.0. The third-order valence-electron chi connectivity index (χ3n) is 4.76. The fraction of sp³-hybridized carbons (Fsp3) is 0.320. The smallest absolute Gasteiger partial charge is 0.308 e. The molecule has 0 bridgehead atoms. The van der Waals surface area contributed by atoms with E-state index in [0.717, 1.165) is 5.56 Å². The summed E-state index contributed by atoms with van der Waals surface area (Å²) < 4.78 is 11.0. The lowest BCUT2D eigenvalue weighted by Gasteiger charge is -2.20. The monoisotopic (exact) mass is 454 g/mol. The molecule has 1 aromatic heterocycles. The fourth-order valence-electron chi connectivity index (χ4n) is 3.30. The number of esters is 1. The summed E-state index contributed by atoms with van der Waals surface area (Å²) in [6.45, 7) is 3.57. The number of halogens is 1. The van der Waals surface area contributed by atoms with Crippen molar-refractivity contribution in [1.29, 1.82) is 0 Å². The molecule has 1 unspecified atom stereocenters. The minimum Gasteiger partial charge on any atom is -0.463 e. The van der Waals surface area contributed by atoms with Gasteiger partial charge in [0.2, 0.25) is 5.91 Å². The number of amides is 1. The van der Waals surface area contributed by atoms with Gasteiger partial charge in [0.15, 0.2) is 11.7 Å². The standard InChI is InChI=1S/C25H27ClN2O4/c1-17(2)31-25(30)15-21(19-11-6-7-12-20(19)26)28-23(29)13-8-14-24-27-16-22(32-24)18-9-4-3-5-10-18/h3-7,9-12,16-17,21H,8,13-15H2,1-2H3,(H,28,29). The zero-order valence-corrected chi connectivity index (χ0v) is 19.0. The van der Waals surface area contributed by atoms with Gasteiger partial charge in [-0.15, -0.1) is 0 Å². The van der Waals surface area contributed by atoms with Crippen LogP contribution in [0.3, 0.4) is 0 Å². The van der Waals surface area contributed by atoms with Crippen molar-refractivity contribution in [3.05, 3.63) is 77.3 Å². The van der Waals surface area contributed by atoms with Gasteiger partial charge in [-0.25, -0.2) is 4.98 Å². The second-order valence-corrected chi connectivity index (χ2v) is 8.13. The average molecular weight is 455 g/mol.